The zero-order chi connectivity index (χ0) is 16.1. The van der Waals surface area contributed by atoms with Crippen LogP contribution in [0.25, 0.3) is 0 Å². The van der Waals surface area contributed by atoms with Crippen LogP contribution in [0.2, 0.25) is 0 Å². The van der Waals surface area contributed by atoms with Gasteiger partial charge in [0.2, 0.25) is 5.91 Å². The highest BCUT2D eigenvalue weighted by molar-refractivity contribution is 5.78. The highest BCUT2D eigenvalue weighted by atomic mass is 19.1. The van der Waals surface area contributed by atoms with E-state index in [2.05, 4.69) is 34.5 Å². The van der Waals surface area contributed by atoms with Gasteiger partial charge < -0.3 is 5.32 Å². The molecule has 0 radical (unpaired) electrons. The van der Waals surface area contributed by atoms with Crippen molar-refractivity contribution in [2.45, 2.75) is 18.9 Å². The first-order valence-corrected chi connectivity index (χ1v) is 7.99. The number of nitrogens with zero attached hydrogens (tertiary/aromatic N) is 1. The molecule has 0 saturated carbocycles. The number of halogens is 1. The Kier molecular flexibility index (Phi) is 5.03. The summed E-state index contributed by atoms with van der Waals surface area (Å²) in [6, 6.07) is 16.7. The number of benzene rings is 2. The molecule has 0 spiro atoms. The van der Waals surface area contributed by atoms with Crippen LogP contribution in [0.5, 0.6) is 0 Å². The van der Waals surface area contributed by atoms with Crippen LogP contribution in [0.4, 0.5) is 4.39 Å². The fourth-order valence-electron chi connectivity index (χ4n) is 3.04. The SMILES string of the molecule is O=C(CN1CCC(c2ccccc2)C1)NCc1ccc(F)cc1. The monoisotopic (exact) mass is 312 g/mol. The molecule has 3 nitrogen and oxygen atoms in total. The Morgan fingerprint density at radius 3 is 2.61 bits per heavy atom. The van der Waals surface area contributed by atoms with Crippen molar-refractivity contribution in [3.05, 3.63) is 71.5 Å². The van der Waals surface area contributed by atoms with E-state index in [0.717, 1.165) is 25.1 Å². The minimum Gasteiger partial charge on any atom is -0.351 e. The first-order chi connectivity index (χ1) is 11.2. The van der Waals surface area contributed by atoms with Gasteiger partial charge in [-0.3, -0.25) is 9.69 Å². The lowest BCUT2D eigenvalue weighted by Gasteiger charge is -2.16. The Balaban J connectivity index is 1.45. The van der Waals surface area contributed by atoms with Gasteiger partial charge in [0.25, 0.3) is 0 Å². The molecule has 1 atom stereocenters. The van der Waals surface area contributed by atoms with Gasteiger partial charge in [-0.25, -0.2) is 4.39 Å². The summed E-state index contributed by atoms with van der Waals surface area (Å²) in [4.78, 5) is 14.2. The van der Waals surface area contributed by atoms with E-state index in [9.17, 15) is 9.18 Å². The van der Waals surface area contributed by atoms with Gasteiger partial charge >= 0.3 is 0 Å². The fourth-order valence-corrected chi connectivity index (χ4v) is 3.04. The number of carbonyl (C=O) groups excluding carboxylic acids is 1. The summed E-state index contributed by atoms with van der Waals surface area (Å²) in [5.74, 6) is 0.272. The van der Waals surface area contributed by atoms with Gasteiger partial charge in [0.05, 0.1) is 6.54 Å². The van der Waals surface area contributed by atoms with E-state index < -0.39 is 0 Å². The van der Waals surface area contributed by atoms with Crippen molar-refractivity contribution >= 4 is 5.91 Å². The second-order valence-corrected chi connectivity index (χ2v) is 6.03. The number of amides is 1. The standard InChI is InChI=1S/C19H21FN2O/c20-18-8-6-15(7-9-18)12-21-19(23)14-22-11-10-17(13-22)16-4-2-1-3-5-16/h1-9,17H,10-14H2,(H,21,23). The quantitative estimate of drug-likeness (QED) is 0.920. The van der Waals surface area contributed by atoms with Gasteiger partial charge in [-0.05, 0) is 42.1 Å². The van der Waals surface area contributed by atoms with Gasteiger partial charge in [0.15, 0.2) is 0 Å². The fraction of sp³-hybridized carbons (Fsp3) is 0.316. The van der Waals surface area contributed by atoms with Crippen LogP contribution in [0, 0.1) is 5.82 Å². The number of hydrogen-bond acceptors (Lipinski definition) is 2. The summed E-state index contributed by atoms with van der Waals surface area (Å²) in [5, 5.41) is 2.90. The van der Waals surface area contributed by atoms with Crippen LogP contribution in [0.3, 0.4) is 0 Å². The molecular weight excluding hydrogens is 291 g/mol. The van der Waals surface area contributed by atoms with E-state index in [0.29, 0.717) is 19.0 Å². The van der Waals surface area contributed by atoms with Crippen molar-refractivity contribution in [1.29, 1.82) is 0 Å². The average Bonchev–Trinajstić information content (AvgIpc) is 3.04. The van der Waals surface area contributed by atoms with Gasteiger partial charge in [-0.15, -0.1) is 0 Å². The third-order valence-electron chi connectivity index (χ3n) is 4.31. The maximum absolute atomic E-state index is 12.8. The van der Waals surface area contributed by atoms with Crippen molar-refractivity contribution in [3.63, 3.8) is 0 Å². The highest BCUT2D eigenvalue weighted by Gasteiger charge is 2.24. The Morgan fingerprint density at radius 1 is 1.13 bits per heavy atom. The van der Waals surface area contributed by atoms with E-state index in [1.54, 1.807) is 12.1 Å². The van der Waals surface area contributed by atoms with E-state index in [-0.39, 0.29) is 11.7 Å². The van der Waals surface area contributed by atoms with E-state index in [1.807, 2.05) is 6.07 Å². The topological polar surface area (TPSA) is 32.3 Å². The van der Waals surface area contributed by atoms with E-state index >= 15 is 0 Å². The molecule has 0 aliphatic carbocycles. The van der Waals surface area contributed by atoms with E-state index in [4.69, 9.17) is 0 Å². The van der Waals surface area contributed by atoms with Gasteiger partial charge in [-0.1, -0.05) is 42.5 Å². The summed E-state index contributed by atoms with van der Waals surface area (Å²) < 4.78 is 12.8. The Hall–Kier alpha value is -2.20. The molecule has 1 unspecified atom stereocenters. The zero-order valence-electron chi connectivity index (χ0n) is 13.0. The molecule has 4 heteroatoms. The molecule has 3 rings (SSSR count). The summed E-state index contributed by atoms with van der Waals surface area (Å²) in [6.07, 6.45) is 1.09. The largest absolute Gasteiger partial charge is 0.351 e. The molecule has 0 aromatic heterocycles. The van der Waals surface area contributed by atoms with Crippen molar-refractivity contribution in [3.8, 4) is 0 Å². The summed E-state index contributed by atoms with van der Waals surface area (Å²) in [6.45, 7) is 2.73. The maximum Gasteiger partial charge on any atom is 0.234 e. The maximum atomic E-state index is 12.8. The predicted octanol–water partition coefficient (Wildman–Crippen LogP) is 2.93. The van der Waals surface area contributed by atoms with Crippen LogP contribution in [-0.2, 0) is 11.3 Å². The molecule has 0 bridgehead atoms. The smallest absolute Gasteiger partial charge is 0.234 e. The van der Waals surface area contributed by atoms with Gasteiger partial charge in [0, 0.05) is 13.1 Å². The summed E-state index contributed by atoms with van der Waals surface area (Å²) in [7, 11) is 0. The Bertz CT molecular complexity index is 642. The molecule has 1 aliphatic heterocycles. The zero-order valence-corrected chi connectivity index (χ0v) is 13.0. The number of hydrogen-bond donors (Lipinski definition) is 1. The third kappa shape index (κ3) is 4.39. The van der Waals surface area contributed by atoms with Gasteiger partial charge in [0.1, 0.15) is 5.82 Å². The molecule has 1 heterocycles. The number of likely N-dealkylation sites (tertiary alicyclic amines) is 1. The lowest BCUT2D eigenvalue weighted by Crippen LogP contribution is -2.35. The molecule has 2 aromatic rings. The number of nitrogens with one attached hydrogen (secondary N) is 1. The van der Waals surface area contributed by atoms with E-state index in [1.165, 1.54) is 17.7 Å². The summed E-state index contributed by atoms with van der Waals surface area (Å²) in [5.41, 5.74) is 2.25. The minimum atomic E-state index is -0.260. The lowest BCUT2D eigenvalue weighted by molar-refractivity contribution is -0.122. The molecule has 120 valence electrons. The first-order valence-electron chi connectivity index (χ1n) is 7.99. The minimum absolute atomic E-state index is 0.0167. The number of carbonyl (C=O) groups is 1. The second kappa shape index (κ2) is 7.38. The molecule has 1 amide bonds. The molecule has 1 fully saturated rings. The average molecular weight is 312 g/mol. The van der Waals surface area contributed by atoms with Crippen LogP contribution in [0.1, 0.15) is 23.5 Å². The molecule has 1 aliphatic rings. The van der Waals surface area contributed by atoms with Crippen molar-refractivity contribution < 1.29 is 9.18 Å². The Labute approximate surface area is 136 Å². The van der Waals surface area contributed by atoms with Crippen molar-refractivity contribution in [1.82, 2.24) is 10.2 Å². The molecule has 1 N–H and O–H groups in total. The van der Waals surface area contributed by atoms with Crippen LogP contribution >= 0.6 is 0 Å². The van der Waals surface area contributed by atoms with Crippen LogP contribution in [0.15, 0.2) is 54.6 Å². The van der Waals surface area contributed by atoms with Crippen molar-refractivity contribution in [2.24, 2.45) is 0 Å². The number of rotatable bonds is 5. The first kappa shape index (κ1) is 15.7. The van der Waals surface area contributed by atoms with Gasteiger partial charge in [-0.2, -0.15) is 0 Å². The van der Waals surface area contributed by atoms with Crippen LogP contribution < -0.4 is 5.32 Å². The normalized spacial score (nSPS) is 18.0. The molecule has 1 saturated heterocycles. The Morgan fingerprint density at radius 2 is 1.87 bits per heavy atom. The summed E-state index contributed by atoms with van der Waals surface area (Å²) >= 11 is 0. The lowest BCUT2D eigenvalue weighted by atomic mass is 9.99. The van der Waals surface area contributed by atoms with Crippen LogP contribution in [-0.4, -0.2) is 30.4 Å². The molecule has 2 aromatic carbocycles. The highest BCUT2D eigenvalue weighted by Crippen LogP contribution is 2.26. The van der Waals surface area contributed by atoms with Crippen molar-refractivity contribution in [2.75, 3.05) is 19.6 Å². The third-order valence-corrected chi connectivity index (χ3v) is 4.31. The second-order valence-electron chi connectivity index (χ2n) is 6.03. The molecular formula is C19H21FN2O. The predicted molar refractivity (Wildman–Crippen MR) is 88.5 cm³/mol. The molecule has 23 heavy (non-hydrogen) atoms.